The maximum Gasteiger partial charge on any atom is 0.256 e. The average molecular weight is 327 g/mol. The predicted molar refractivity (Wildman–Crippen MR) is 85.4 cm³/mol. The molecule has 0 aliphatic heterocycles. The predicted octanol–water partition coefficient (Wildman–Crippen LogP) is 1.26. The minimum Gasteiger partial charge on any atom is -0.486 e. The molecule has 0 unspecified atom stereocenters. The summed E-state index contributed by atoms with van der Waals surface area (Å²) in [4.78, 5) is 12.1. The molecular weight excluding hydrogens is 310 g/mol. The van der Waals surface area contributed by atoms with Crippen LogP contribution in [0.4, 0.5) is 5.82 Å². The Labute approximate surface area is 138 Å². The van der Waals surface area contributed by atoms with Crippen molar-refractivity contribution >= 4 is 11.7 Å². The minimum absolute atomic E-state index is 0.227. The van der Waals surface area contributed by atoms with Crippen LogP contribution in [0.15, 0.2) is 36.5 Å². The molecule has 0 saturated carbocycles. The van der Waals surface area contributed by atoms with Gasteiger partial charge in [-0.15, -0.1) is 5.10 Å². The molecule has 0 bridgehead atoms. The summed E-state index contributed by atoms with van der Waals surface area (Å²) < 4.78 is 8.92. The molecule has 0 saturated heterocycles. The largest absolute Gasteiger partial charge is 0.486 e. The number of ether oxygens (including phenoxy) is 1. The van der Waals surface area contributed by atoms with Crippen molar-refractivity contribution in [2.45, 2.75) is 20.1 Å². The Morgan fingerprint density at radius 1 is 1.25 bits per heavy atom. The minimum atomic E-state index is -0.227. The SMILES string of the molecule is CCn1nnnc1COc1ccc(C(=O)Nc2ccn(C)n2)cc1. The van der Waals surface area contributed by atoms with E-state index in [0.717, 1.165) is 0 Å². The molecule has 0 aliphatic carbocycles. The Morgan fingerprint density at radius 2 is 2.04 bits per heavy atom. The first-order valence-corrected chi connectivity index (χ1v) is 7.44. The van der Waals surface area contributed by atoms with Crippen molar-refractivity contribution in [3.8, 4) is 5.75 Å². The van der Waals surface area contributed by atoms with Crippen molar-refractivity contribution < 1.29 is 9.53 Å². The summed E-state index contributed by atoms with van der Waals surface area (Å²) in [6.07, 6.45) is 1.76. The fourth-order valence-electron chi connectivity index (χ4n) is 2.09. The van der Waals surface area contributed by atoms with Crippen LogP contribution in [0.25, 0.3) is 0 Å². The Hall–Kier alpha value is -3.23. The first-order chi connectivity index (χ1) is 11.7. The van der Waals surface area contributed by atoms with Gasteiger partial charge in [-0.2, -0.15) is 5.10 Å². The van der Waals surface area contributed by atoms with Crippen LogP contribution in [-0.4, -0.2) is 35.9 Å². The molecule has 0 radical (unpaired) electrons. The maximum absolute atomic E-state index is 12.1. The van der Waals surface area contributed by atoms with Crippen molar-refractivity contribution in [3.63, 3.8) is 0 Å². The lowest BCUT2D eigenvalue weighted by Crippen LogP contribution is -2.12. The average Bonchev–Trinajstić information content (AvgIpc) is 3.21. The van der Waals surface area contributed by atoms with Crippen LogP contribution in [0.2, 0.25) is 0 Å². The molecule has 2 aromatic heterocycles. The number of nitrogens with zero attached hydrogens (tertiary/aromatic N) is 6. The third-order valence-corrected chi connectivity index (χ3v) is 3.35. The Kier molecular flexibility index (Phi) is 4.50. The highest BCUT2D eigenvalue weighted by Crippen LogP contribution is 2.14. The highest BCUT2D eigenvalue weighted by atomic mass is 16.5. The summed E-state index contributed by atoms with van der Waals surface area (Å²) in [5, 5.41) is 18.2. The quantitative estimate of drug-likeness (QED) is 0.731. The van der Waals surface area contributed by atoms with Gasteiger partial charge in [0, 0.05) is 31.4 Å². The highest BCUT2D eigenvalue weighted by Gasteiger charge is 2.09. The third kappa shape index (κ3) is 3.57. The number of carbonyl (C=O) groups excluding carboxylic acids is 1. The topological polar surface area (TPSA) is 99.8 Å². The van der Waals surface area contributed by atoms with Crippen LogP contribution in [0.3, 0.4) is 0 Å². The van der Waals surface area contributed by atoms with Crippen LogP contribution in [0.1, 0.15) is 23.1 Å². The number of amides is 1. The number of aromatic nitrogens is 6. The van der Waals surface area contributed by atoms with Crippen molar-refractivity contribution in [1.82, 2.24) is 30.0 Å². The smallest absolute Gasteiger partial charge is 0.256 e. The van der Waals surface area contributed by atoms with E-state index in [2.05, 4.69) is 25.9 Å². The summed E-state index contributed by atoms with van der Waals surface area (Å²) in [6.45, 7) is 2.90. The normalized spacial score (nSPS) is 10.6. The fraction of sp³-hybridized carbons (Fsp3) is 0.267. The maximum atomic E-state index is 12.1. The van der Waals surface area contributed by atoms with E-state index in [4.69, 9.17) is 4.74 Å². The molecule has 124 valence electrons. The molecule has 2 heterocycles. The monoisotopic (exact) mass is 327 g/mol. The lowest BCUT2D eigenvalue weighted by Gasteiger charge is -2.07. The Bertz CT molecular complexity index is 822. The highest BCUT2D eigenvalue weighted by molar-refractivity contribution is 6.03. The molecule has 1 aromatic carbocycles. The molecule has 24 heavy (non-hydrogen) atoms. The van der Waals surface area contributed by atoms with Gasteiger partial charge in [0.05, 0.1) is 0 Å². The zero-order valence-electron chi connectivity index (χ0n) is 13.4. The number of rotatable bonds is 6. The molecule has 3 aromatic rings. The van der Waals surface area contributed by atoms with Gasteiger partial charge in [-0.05, 0) is 41.6 Å². The van der Waals surface area contributed by atoms with Crippen LogP contribution < -0.4 is 10.1 Å². The molecule has 0 fully saturated rings. The zero-order valence-corrected chi connectivity index (χ0v) is 13.4. The van der Waals surface area contributed by atoms with Gasteiger partial charge in [0.15, 0.2) is 11.6 Å². The van der Waals surface area contributed by atoms with Crippen LogP contribution in [0.5, 0.6) is 5.75 Å². The third-order valence-electron chi connectivity index (χ3n) is 3.35. The van der Waals surface area contributed by atoms with Gasteiger partial charge in [0.25, 0.3) is 5.91 Å². The summed E-state index contributed by atoms with van der Waals surface area (Å²) in [5.41, 5.74) is 0.520. The number of nitrogens with one attached hydrogen (secondary N) is 1. The first-order valence-electron chi connectivity index (χ1n) is 7.44. The van der Waals surface area contributed by atoms with E-state index < -0.39 is 0 Å². The summed E-state index contributed by atoms with van der Waals surface area (Å²) in [5.74, 6) is 1.56. The second-order valence-electron chi connectivity index (χ2n) is 5.05. The number of benzene rings is 1. The van der Waals surface area contributed by atoms with E-state index in [9.17, 15) is 4.79 Å². The second kappa shape index (κ2) is 6.90. The van der Waals surface area contributed by atoms with Gasteiger partial charge in [-0.3, -0.25) is 9.48 Å². The van der Waals surface area contributed by atoms with Crippen molar-refractivity contribution in [3.05, 3.63) is 47.9 Å². The standard InChI is InChI=1S/C15H17N7O2/c1-3-22-14(17-19-20-22)10-24-12-6-4-11(5-7-12)15(23)16-13-8-9-21(2)18-13/h4-9H,3,10H2,1-2H3,(H,16,18,23). The van der Waals surface area contributed by atoms with E-state index in [1.165, 1.54) is 0 Å². The summed E-state index contributed by atoms with van der Waals surface area (Å²) >= 11 is 0. The molecule has 0 aliphatic rings. The number of hydrogen-bond acceptors (Lipinski definition) is 6. The Balaban J connectivity index is 1.59. The first kappa shape index (κ1) is 15.7. The van der Waals surface area contributed by atoms with E-state index >= 15 is 0 Å². The lowest BCUT2D eigenvalue weighted by atomic mass is 10.2. The molecule has 9 nitrogen and oxygen atoms in total. The molecule has 0 spiro atoms. The van der Waals surface area contributed by atoms with Gasteiger partial charge >= 0.3 is 0 Å². The zero-order chi connectivity index (χ0) is 16.9. The Morgan fingerprint density at radius 3 is 2.71 bits per heavy atom. The van der Waals surface area contributed by atoms with Crippen LogP contribution in [0, 0.1) is 0 Å². The van der Waals surface area contributed by atoms with Crippen LogP contribution in [-0.2, 0) is 20.2 Å². The van der Waals surface area contributed by atoms with E-state index in [0.29, 0.717) is 29.5 Å². The molecule has 3 rings (SSSR count). The van der Waals surface area contributed by atoms with Crippen LogP contribution >= 0.6 is 0 Å². The molecule has 0 atom stereocenters. The molecule has 9 heteroatoms. The van der Waals surface area contributed by atoms with Crippen molar-refractivity contribution in [1.29, 1.82) is 0 Å². The number of tetrazole rings is 1. The fourth-order valence-corrected chi connectivity index (χ4v) is 2.09. The number of hydrogen-bond donors (Lipinski definition) is 1. The number of anilines is 1. The molecule has 1 N–H and O–H groups in total. The number of carbonyl (C=O) groups is 1. The second-order valence-corrected chi connectivity index (χ2v) is 5.05. The van der Waals surface area contributed by atoms with Gasteiger partial charge in [-0.25, -0.2) is 4.68 Å². The number of aryl methyl sites for hydroxylation is 2. The summed E-state index contributed by atoms with van der Waals surface area (Å²) in [7, 11) is 1.79. The van der Waals surface area contributed by atoms with Gasteiger partial charge < -0.3 is 10.1 Å². The van der Waals surface area contributed by atoms with E-state index in [1.807, 2.05) is 6.92 Å². The lowest BCUT2D eigenvalue weighted by molar-refractivity contribution is 0.102. The van der Waals surface area contributed by atoms with Gasteiger partial charge in [0.2, 0.25) is 0 Å². The van der Waals surface area contributed by atoms with Crippen molar-refractivity contribution in [2.24, 2.45) is 7.05 Å². The van der Waals surface area contributed by atoms with Gasteiger partial charge in [-0.1, -0.05) is 0 Å². The molecule has 1 amide bonds. The van der Waals surface area contributed by atoms with Gasteiger partial charge in [0.1, 0.15) is 12.4 Å². The van der Waals surface area contributed by atoms with Crippen molar-refractivity contribution in [2.75, 3.05) is 5.32 Å². The van der Waals surface area contributed by atoms with E-state index in [1.54, 1.807) is 52.9 Å². The summed E-state index contributed by atoms with van der Waals surface area (Å²) in [6, 6.07) is 8.57. The molecular formula is C15H17N7O2. The van der Waals surface area contributed by atoms with E-state index in [-0.39, 0.29) is 12.5 Å².